The number of carbonyl (C=O) groups excluding carboxylic acids is 2. The average molecular weight is 388 g/mol. The van der Waals surface area contributed by atoms with Crippen molar-refractivity contribution in [2.75, 3.05) is 18.5 Å². The van der Waals surface area contributed by atoms with E-state index < -0.39 is 0 Å². The van der Waals surface area contributed by atoms with Crippen LogP contribution < -0.4 is 10.6 Å². The number of carbonyl (C=O) groups is 2. The van der Waals surface area contributed by atoms with E-state index >= 15 is 0 Å². The lowest BCUT2D eigenvalue weighted by Crippen LogP contribution is -2.30. The van der Waals surface area contributed by atoms with Gasteiger partial charge in [-0.15, -0.1) is 11.3 Å². The highest BCUT2D eigenvalue weighted by Crippen LogP contribution is 2.19. The molecule has 2 rings (SSSR count). The number of anilines is 1. The monoisotopic (exact) mass is 387 g/mol. The number of hydrogen-bond donors (Lipinski definition) is 2. The van der Waals surface area contributed by atoms with Crippen molar-refractivity contribution in [3.05, 3.63) is 52.0 Å². The predicted octanol–water partition coefficient (Wildman–Crippen LogP) is 4.21. The van der Waals surface area contributed by atoms with Gasteiger partial charge in [0.05, 0.1) is 17.3 Å². The van der Waals surface area contributed by atoms with E-state index in [4.69, 9.17) is 4.74 Å². The van der Waals surface area contributed by atoms with E-state index in [9.17, 15) is 9.59 Å². The van der Waals surface area contributed by atoms with E-state index in [1.165, 1.54) is 6.08 Å². The molecule has 0 radical (unpaired) electrons. The predicted molar refractivity (Wildman–Crippen MR) is 109 cm³/mol. The third kappa shape index (κ3) is 7.22. The van der Waals surface area contributed by atoms with Crippen molar-refractivity contribution >= 4 is 35.1 Å². The molecule has 0 saturated carbocycles. The van der Waals surface area contributed by atoms with Gasteiger partial charge >= 0.3 is 12.0 Å². The number of aromatic nitrogens is 1. The maximum Gasteiger partial charge on any atom is 0.330 e. The fourth-order valence-corrected chi connectivity index (χ4v) is 3.08. The molecule has 0 unspecified atom stereocenters. The third-order valence-electron chi connectivity index (χ3n) is 3.60. The van der Waals surface area contributed by atoms with E-state index in [1.807, 2.05) is 17.5 Å². The Hall–Kier alpha value is -2.67. The summed E-state index contributed by atoms with van der Waals surface area (Å²) in [5.74, 6) is 0.0508. The Morgan fingerprint density at radius 3 is 2.63 bits per heavy atom. The first-order valence-corrected chi connectivity index (χ1v) is 9.80. The van der Waals surface area contributed by atoms with Crippen molar-refractivity contribution in [1.29, 1.82) is 0 Å². The Labute approximate surface area is 163 Å². The van der Waals surface area contributed by atoms with E-state index in [0.29, 0.717) is 31.2 Å². The molecule has 2 aromatic rings. The van der Waals surface area contributed by atoms with Gasteiger partial charge < -0.3 is 15.4 Å². The first-order chi connectivity index (χ1) is 13.0. The third-order valence-corrected chi connectivity index (χ3v) is 4.79. The van der Waals surface area contributed by atoms with Gasteiger partial charge in [-0.25, -0.2) is 14.6 Å². The van der Waals surface area contributed by atoms with Crippen LogP contribution in [0.15, 0.2) is 35.7 Å². The number of hydrogen-bond acceptors (Lipinski definition) is 5. The summed E-state index contributed by atoms with van der Waals surface area (Å²) in [7, 11) is 0. The van der Waals surface area contributed by atoms with Gasteiger partial charge in [0.2, 0.25) is 0 Å². The number of nitrogens with zero attached hydrogens (tertiary/aromatic N) is 1. The molecule has 0 aliphatic rings. The number of nitrogens with one attached hydrogen (secondary N) is 2. The minimum atomic E-state index is -0.375. The van der Waals surface area contributed by atoms with Crippen LogP contribution in [0.4, 0.5) is 10.5 Å². The van der Waals surface area contributed by atoms with Crippen LogP contribution in [0.5, 0.6) is 0 Å². The number of urea groups is 1. The van der Waals surface area contributed by atoms with Gasteiger partial charge in [-0.2, -0.15) is 0 Å². The largest absolute Gasteiger partial charge is 0.463 e. The molecule has 6 nitrogen and oxygen atoms in total. The van der Waals surface area contributed by atoms with Crippen molar-refractivity contribution in [2.45, 2.75) is 33.1 Å². The number of amides is 2. The second kappa shape index (κ2) is 10.5. The molecule has 0 aliphatic carbocycles. The van der Waals surface area contributed by atoms with Gasteiger partial charge in [0.15, 0.2) is 0 Å². The summed E-state index contributed by atoms with van der Waals surface area (Å²) in [6.07, 6.45) is 3.75. The number of thiazole rings is 1. The lowest BCUT2D eigenvalue weighted by molar-refractivity contribution is -0.137. The fourth-order valence-electron chi connectivity index (χ4n) is 2.21. The number of rotatable bonds is 8. The Balaban J connectivity index is 1.75. The summed E-state index contributed by atoms with van der Waals surface area (Å²) < 4.78 is 4.83. The Morgan fingerprint density at radius 1 is 1.26 bits per heavy atom. The van der Waals surface area contributed by atoms with E-state index in [-0.39, 0.29) is 12.0 Å². The van der Waals surface area contributed by atoms with E-state index in [2.05, 4.69) is 29.5 Å². The zero-order chi connectivity index (χ0) is 19.6. The topological polar surface area (TPSA) is 80.3 Å². The maximum atomic E-state index is 12.0. The molecule has 27 heavy (non-hydrogen) atoms. The minimum absolute atomic E-state index is 0.260. The highest BCUT2D eigenvalue weighted by atomic mass is 32.1. The normalized spacial score (nSPS) is 11.0. The zero-order valence-electron chi connectivity index (χ0n) is 15.8. The first-order valence-electron chi connectivity index (χ1n) is 8.92. The minimum Gasteiger partial charge on any atom is -0.463 e. The van der Waals surface area contributed by atoms with Gasteiger partial charge in [-0.3, -0.25) is 0 Å². The summed E-state index contributed by atoms with van der Waals surface area (Å²) in [4.78, 5) is 27.8. The van der Waals surface area contributed by atoms with Crippen LogP contribution in [0.2, 0.25) is 0 Å². The van der Waals surface area contributed by atoms with Crippen molar-refractivity contribution in [1.82, 2.24) is 10.3 Å². The van der Waals surface area contributed by atoms with Crippen LogP contribution in [0.25, 0.3) is 6.08 Å². The average Bonchev–Trinajstić information content (AvgIpc) is 3.11. The molecule has 0 fully saturated rings. The van der Waals surface area contributed by atoms with Crippen LogP contribution in [0.1, 0.15) is 43.0 Å². The highest BCUT2D eigenvalue weighted by molar-refractivity contribution is 7.09. The van der Waals surface area contributed by atoms with E-state index in [1.54, 1.807) is 36.5 Å². The van der Waals surface area contributed by atoms with Crippen molar-refractivity contribution in [3.8, 4) is 0 Å². The van der Waals surface area contributed by atoms with Crippen LogP contribution in [0, 0.1) is 0 Å². The molecule has 0 bridgehead atoms. The lowest BCUT2D eigenvalue weighted by atomic mass is 10.2. The molecule has 1 aromatic carbocycles. The smallest absolute Gasteiger partial charge is 0.330 e. The molecule has 2 amide bonds. The molecular formula is C20H25N3O3S. The number of esters is 1. The van der Waals surface area contributed by atoms with Crippen molar-refractivity contribution < 1.29 is 14.3 Å². The Morgan fingerprint density at radius 2 is 2.00 bits per heavy atom. The number of ether oxygens (including phenoxy) is 1. The fraction of sp³-hybridized carbons (Fsp3) is 0.350. The first kappa shape index (κ1) is 20.6. The summed E-state index contributed by atoms with van der Waals surface area (Å²) in [5.41, 5.74) is 2.52. The summed E-state index contributed by atoms with van der Waals surface area (Å²) >= 11 is 1.65. The summed E-state index contributed by atoms with van der Waals surface area (Å²) in [6.45, 7) is 6.87. The van der Waals surface area contributed by atoms with Crippen LogP contribution >= 0.6 is 11.3 Å². The molecular weight excluding hydrogens is 362 g/mol. The highest BCUT2D eigenvalue weighted by Gasteiger charge is 2.06. The second-order valence-corrected chi connectivity index (χ2v) is 7.06. The molecule has 1 aromatic heterocycles. The van der Waals surface area contributed by atoms with Crippen LogP contribution in [0.3, 0.4) is 0 Å². The van der Waals surface area contributed by atoms with Gasteiger partial charge in [-0.1, -0.05) is 26.0 Å². The molecule has 1 heterocycles. The molecule has 144 valence electrons. The number of benzene rings is 1. The van der Waals surface area contributed by atoms with Crippen molar-refractivity contribution in [2.24, 2.45) is 0 Å². The van der Waals surface area contributed by atoms with Crippen LogP contribution in [-0.4, -0.2) is 30.1 Å². The maximum absolute atomic E-state index is 12.0. The molecule has 0 atom stereocenters. The summed E-state index contributed by atoms with van der Waals surface area (Å²) in [6, 6.07) is 6.92. The molecule has 2 N–H and O–H groups in total. The van der Waals surface area contributed by atoms with Gasteiger partial charge in [-0.05, 0) is 30.7 Å². The molecule has 0 aliphatic heterocycles. The molecule has 0 saturated heterocycles. The standard InChI is InChI=1S/C20H25N3O3S/c1-4-26-18(24)10-7-15-5-8-16(9-6-15)23-20(25)21-12-11-17-13-27-19(22-17)14(2)3/h5-10,13-14H,4,11-12H2,1-3H3,(H2,21,23,25)/b10-7+. The lowest BCUT2D eigenvalue weighted by Gasteiger charge is -2.07. The van der Waals surface area contributed by atoms with Gasteiger partial charge in [0.1, 0.15) is 0 Å². The molecule has 0 spiro atoms. The van der Waals surface area contributed by atoms with Crippen LogP contribution in [-0.2, 0) is 16.0 Å². The Bertz CT molecular complexity index is 782. The second-order valence-electron chi connectivity index (χ2n) is 6.17. The Kier molecular flexibility index (Phi) is 8.00. The van der Waals surface area contributed by atoms with Gasteiger partial charge in [0.25, 0.3) is 0 Å². The molecule has 7 heteroatoms. The SMILES string of the molecule is CCOC(=O)/C=C/c1ccc(NC(=O)NCCc2csc(C(C)C)n2)cc1. The van der Waals surface area contributed by atoms with Gasteiger partial charge in [0, 0.05) is 36.0 Å². The zero-order valence-corrected chi connectivity index (χ0v) is 16.6. The van der Waals surface area contributed by atoms with Crippen molar-refractivity contribution in [3.63, 3.8) is 0 Å². The van der Waals surface area contributed by atoms with E-state index in [0.717, 1.165) is 16.3 Å². The quantitative estimate of drug-likeness (QED) is 0.525. The summed E-state index contributed by atoms with van der Waals surface area (Å²) in [5, 5.41) is 8.76.